The van der Waals surface area contributed by atoms with Crippen LogP contribution in [0.3, 0.4) is 0 Å². The predicted octanol–water partition coefficient (Wildman–Crippen LogP) is 1.06. The number of nitrogens with two attached hydrogens (primary N) is 1. The molecule has 0 radical (unpaired) electrons. The average Bonchev–Trinajstić information content (AvgIpc) is 2.59. The monoisotopic (exact) mass is 253 g/mol. The maximum atomic E-state index is 12.0. The van der Waals surface area contributed by atoms with Gasteiger partial charge in [0, 0.05) is 6.07 Å². The van der Waals surface area contributed by atoms with Gasteiger partial charge in [-0.2, -0.15) is 0 Å². The quantitative estimate of drug-likeness (QED) is 0.784. The molecule has 2 rings (SSSR count). The van der Waals surface area contributed by atoms with Crippen LogP contribution in [-0.2, 0) is 11.3 Å². The van der Waals surface area contributed by atoms with Gasteiger partial charge in [0.1, 0.15) is 0 Å². The largest absolute Gasteiger partial charge is 0.392 e. The Kier molecular flexibility index (Phi) is 3.15. The van der Waals surface area contributed by atoms with Crippen LogP contribution in [0.5, 0.6) is 0 Å². The molecular weight excluding hydrogens is 238 g/mol. The number of thiocarbonyl (C=S) groups is 1. The van der Waals surface area contributed by atoms with Crippen molar-refractivity contribution in [3.8, 4) is 0 Å². The number of nitrogens with one attached hydrogen (secondary N) is 1. The van der Waals surface area contributed by atoms with Crippen molar-refractivity contribution in [1.82, 2.24) is 10.5 Å². The van der Waals surface area contributed by atoms with Crippen molar-refractivity contribution >= 4 is 23.1 Å². The fourth-order valence-electron chi connectivity index (χ4n) is 1.95. The van der Waals surface area contributed by atoms with E-state index in [9.17, 15) is 4.79 Å². The summed E-state index contributed by atoms with van der Waals surface area (Å²) in [6.45, 7) is 2.15. The summed E-state index contributed by atoms with van der Waals surface area (Å²) in [6, 6.07) is 1.79. The standard InChI is InChI=1S/C11H15N3O2S/c1-7-5-8(16-14-7)6-13-10(15)11(9(12)17)3-2-4-11/h5H,2-4,6H2,1H3,(H2,12,17)(H,13,15). The maximum absolute atomic E-state index is 12.0. The maximum Gasteiger partial charge on any atom is 0.233 e. The smallest absolute Gasteiger partial charge is 0.233 e. The summed E-state index contributed by atoms with van der Waals surface area (Å²) in [5, 5.41) is 6.55. The van der Waals surface area contributed by atoms with Gasteiger partial charge in [0.05, 0.1) is 22.6 Å². The minimum absolute atomic E-state index is 0.106. The Morgan fingerprint density at radius 3 is 2.82 bits per heavy atom. The van der Waals surface area contributed by atoms with Crippen LogP contribution in [0.25, 0.3) is 0 Å². The predicted molar refractivity (Wildman–Crippen MR) is 66.2 cm³/mol. The molecule has 0 spiro atoms. The third-order valence-electron chi connectivity index (χ3n) is 3.21. The Bertz CT molecular complexity index is 451. The highest BCUT2D eigenvalue weighted by atomic mass is 32.1. The van der Waals surface area contributed by atoms with Crippen molar-refractivity contribution in [2.75, 3.05) is 0 Å². The highest BCUT2D eigenvalue weighted by molar-refractivity contribution is 7.80. The number of carbonyl (C=O) groups is 1. The van der Waals surface area contributed by atoms with Crippen LogP contribution in [0.2, 0.25) is 0 Å². The van der Waals surface area contributed by atoms with Crippen LogP contribution in [0.4, 0.5) is 0 Å². The van der Waals surface area contributed by atoms with Crippen LogP contribution in [0.15, 0.2) is 10.6 Å². The van der Waals surface area contributed by atoms with Crippen molar-refractivity contribution in [3.63, 3.8) is 0 Å². The van der Waals surface area contributed by atoms with Gasteiger partial charge in [0.25, 0.3) is 0 Å². The van der Waals surface area contributed by atoms with Gasteiger partial charge >= 0.3 is 0 Å². The molecule has 5 nitrogen and oxygen atoms in total. The molecule has 0 saturated heterocycles. The minimum atomic E-state index is -0.635. The summed E-state index contributed by atoms with van der Waals surface area (Å²) in [5.41, 5.74) is 5.80. The molecule has 1 saturated carbocycles. The molecule has 17 heavy (non-hydrogen) atoms. The zero-order valence-corrected chi connectivity index (χ0v) is 10.5. The number of hydrogen-bond acceptors (Lipinski definition) is 4. The van der Waals surface area contributed by atoms with Crippen molar-refractivity contribution in [2.45, 2.75) is 32.7 Å². The van der Waals surface area contributed by atoms with E-state index in [2.05, 4.69) is 10.5 Å². The van der Waals surface area contributed by atoms with Crippen LogP contribution in [-0.4, -0.2) is 16.1 Å². The normalized spacial score (nSPS) is 17.2. The van der Waals surface area contributed by atoms with E-state index >= 15 is 0 Å². The second kappa shape index (κ2) is 4.44. The number of hydrogen-bond donors (Lipinski definition) is 2. The topological polar surface area (TPSA) is 81.2 Å². The zero-order chi connectivity index (χ0) is 12.5. The molecule has 3 N–H and O–H groups in total. The lowest BCUT2D eigenvalue weighted by molar-refractivity contribution is -0.131. The molecule has 1 heterocycles. The molecule has 1 aliphatic rings. The summed E-state index contributed by atoms with van der Waals surface area (Å²) in [7, 11) is 0. The number of aromatic nitrogens is 1. The van der Waals surface area contributed by atoms with Crippen molar-refractivity contribution in [2.24, 2.45) is 11.1 Å². The van der Waals surface area contributed by atoms with E-state index in [0.29, 0.717) is 12.3 Å². The van der Waals surface area contributed by atoms with Gasteiger partial charge in [0.2, 0.25) is 5.91 Å². The Labute approximate surface area is 105 Å². The molecule has 0 unspecified atom stereocenters. The average molecular weight is 253 g/mol. The Morgan fingerprint density at radius 2 is 2.41 bits per heavy atom. The molecule has 0 atom stereocenters. The summed E-state index contributed by atoms with van der Waals surface area (Å²) in [4.78, 5) is 12.3. The molecule has 1 fully saturated rings. The highest BCUT2D eigenvalue weighted by Crippen LogP contribution is 2.41. The van der Waals surface area contributed by atoms with Crippen LogP contribution in [0, 0.1) is 12.3 Å². The number of nitrogens with zero attached hydrogens (tertiary/aromatic N) is 1. The lowest BCUT2D eigenvalue weighted by Gasteiger charge is -2.38. The second-order valence-corrected chi connectivity index (χ2v) is 4.86. The van der Waals surface area contributed by atoms with Crippen molar-refractivity contribution in [1.29, 1.82) is 0 Å². The number of carbonyl (C=O) groups excluding carboxylic acids is 1. The molecule has 0 bridgehead atoms. The minimum Gasteiger partial charge on any atom is -0.392 e. The summed E-state index contributed by atoms with van der Waals surface area (Å²) >= 11 is 4.97. The SMILES string of the molecule is Cc1cc(CNC(=O)C2(C(N)=S)CCC2)on1. The van der Waals surface area contributed by atoms with Crippen LogP contribution < -0.4 is 11.1 Å². The first-order chi connectivity index (χ1) is 8.04. The number of aryl methyl sites for hydroxylation is 1. The summed E-state index contributed by atoms with van der Waals surface area (Å²) in [5.74, 6) is 0.526. The molecule has 1 aromatic heterocycles. The number of amides is 1. The van der Waals surface area contributed by atoms with Crippen LogP contribution >= 0.6 is 12.2 Å². The highest BCUT2D eigenvalue weighted by Gasteiger charge is 2.46. The molecule has 0 aromatic carbocycles. The molecule has 6 heteroatoms. The van der Waals surface area contributed by atoms with E-state index in [1.165, 1.54) is 0 Å². The Hall–Kier alpha value is -1.43. The third-order valence-corrected chi connectivity index (χ3v) is 3.60. The molecule has 1 aliphatic carbocycles. The van der Waals surface area contributed by atoms with E-state index in [-0.39, 0.29) is 10.9 Å². The first-order valence-electron chi connectivity index (χ1n) is 5.55. The van der Waals surface area contributed by atoms with Gasteiger partial charge in [0.15, 0.2) is 5.76 Å². The van der Waals surface area contributed by atoms with E-state index in [1.54, 1.807) is 6.07 Å². The second-order valence-electron chi connectivity index (χ2n) is 4.42. The lowest BCUT2D eigenvalue weighted by atomic mass is 9.68. The van der Waals surface area contributed by atoms with E-state index in [1.807, 2.05) is 6.92 Å². The van der Waals surface area contributed by atoms with E-state index in [0.717, 1.165) is 25.0 Å². The molecule has 1 amide bonds. The summed E-state index contributed by atoms with van der Waals surface area (Å²) < 4.78 is 5.01. The number of rotatable bonds is 4. The Balaban J connectivity index is 1.95. The lowest BCUT2D eigenvalue weighted by Crippen LogP contribution is -2.52. The van der Waals surface area contributed by atoms with Gasteiger partial charge in [-0.05, 0) is 19.8 Å². The van der Waals surface area contributed by atoms with Gasteiger partial charge in [-0.3, -0.25) is 4.79 Å². The first-order valence-corrected chi connectivity index (χ1v) is 5.96. The zero-order valence-electron chi connectivity index (χ0n) is 9.66. The third kappa shape index (κ3) is 2.17. The Morgan fingerprint density at radius 1 is 1.71 bits per heavy atom. The first kappa shape index (κ1) is 12.0. The molecule has 1 aromatic rings. The fourth-order valence-corrected chi connectivity index (χ4v) is 2.25. The van der Waals surface area contributed by atoms with Crippen LogP contribution in [0.1, 0.15) is 30.7 Å². The van der Waals surface area contributed by atoms with Gasteiger partial charge in [-0.1, -0.05) is 23.8 Å². The van der Waals surface area contributed by atoms with Gasteiger partial charge in [-0.25, -0.2) is 0 Å². The summed E-state index contributed by atoms with van der Waals surface area (Å²) in [6.07, 6.45) is 2.47. The van der Waals surface area contributed by atoms with Crippen molar-refractivity contribution < 1.29 is 9.32 Å². The van der Waals surface area contributed by atoms with Gasteiger partial charge in [-0.15, -0.1) is 0 Å². The molecule has 0 aliphatic heterocycles. The van der Waals surface area contributed by atoms with Crippen molar-refractivity contribution in [3.05, 3.63) is 17.5 Å². The van der Waals surface area contributed by atoms with E-state index in [4.69, 9.17) is 22.5 Å². The fraction of sp³-hybridized carbons (Fsp3) is 0.545. The van der Waals surface area contributed by atoms with Gasteiger partial charge < -0.3 is 15.6 Å². The molecule has 92 valence electrons. The van der Waals surface area contributed by atoms with E-state index < -0.39 is 5.41 Å². The molecular formula is C11H15N3O2S.